The molecule has 2 N–H and O–H groups in total. The summed E-state index contributed by atoms with van der Waals surface area (Å²) in [6.07, 6.45) is 0. The zero-order valence-electron chi connectivity index (χ0n) is 13.8. The molecule has 128 valence electrons. The van der Waals surface area contributed by atoms with Gasteiger partial charge in [0, 0.05) is 26.3 Å². The van der Waals surface area contributed by atoms with Gasteiger partial charge >= 0.3 is 0 Å². The van der Waals surface area contributed by atoms with Crippen LogP contribution in [0.3, 0.4) is 0 Å². The van der Waals surface area contributed by atoms with Crippen molar-refractivity contribution in [2.45, 2.75) is 13.5 Å². The van der Waals surface area contributed by atoms with Gasteiger partial charge in [0.2, 0.25) is 5.91 Å². The molecule has 2 aromatic rings. The van der Waals surface area contributed by atoms with E-state index >= 15 is 0 Å². The van der Waals surface area contributed by atoms with Crippen LogP contribution in [0.1, 0.15) is 12.5 Å². The Labute approximate surface area is 146 Å². The second-order valence-corrected chi connectivity index (χ2v) is 5.60. The lowest BCUT2D eigenvalue weighted by atomic mass is 10.2. The van der Waals surface area contributed by atoms with Crippen LogP contribution < -0.4 is 15.4 Å². The molecule has 0 aliphatic carbocycles. The Balaban J connectivity index is 2.00. The summed E-state index contributed by atoms with van der Waals surface area (Å²) in [7, 11) is 1.62. The maximum absolute atomic E-state index is 11.0. The molecule has 0 saturated carbocycles. The number of anilines is 2. The lowest BCUT2D eigenvalue weighted by Gasteiger charge is -2.15. The number of methoxy groups -OCH3 is 1. The number of nitrogens with one attached hydrogen (secondary N) is 2. The van der Waals surface area contributed by atoms with E-state index in [2.05, 4.69) is 10.6 Å². The molecule has 0 atom stereocenters. The Morgan fingerprint density at radius 3 is 2.54 bits per heavy atom. The molecule has 0 spiro atoms. The van der Waals surface area contributed by atoms with Crippen molar-refractivity contribution in [3.8, 4) is 5.75 Å². The van der Waals surface area contributed by atoms with Crippen molar-refractivity contribution in [2.75, 3.05) is 31.0 Å². The van der Waals surface area contributed by atoms with E-state index in [1.807, 2.05) is 36.4 Å². The molecule has 0 bridgehead atoms. The number of benzene rings is 2. The lowest BCUT2D eigenvalue weighted by molar-refractivity contribution is -0.114. The fraction of sp³-hybridized carbons (Fsp3) is 0.278. The number of carbonyl (C=O) groups excluding carboxylic acids is 1. The Morgan fingerprint density at radius 2 is 1.88 bits per heavy atom. The Kier molecular flexibility index (Phi) is 6.90. The van der Waals surface area contributed by atoms with Gasteiger partial charge in [-0.1, -0.05) is 29.8 Å². The third-order valence-corrected chi connectivity index (χ3v) is 3.56. The maximum Gasteiger partial charge on any atom is 0.221 e. The zero-order chi connectivity index (χ0) is 17.4. The van der Waals surface area contributed by atoms with Crippen LogP contribution in [0.5, 0.6) is 5.75 Å². The zero-order valence-corrected chi connectivity index (χ0v) is 14.5. The molecule has 0 fully saturated rings. The molecule has 2 aromatic carbocycles. The average molecular weight is 349 g/mol. The molecule has 0 saturated heterocycles. The first kappa shape index (κ1) is 18.1. The monoisotopic (exact) mass is 348 g/mol. The number of para-hydroxylation sites is 1. The Morgan fingerprint density at radius 1 is 1.12 bits per heavy atom. The van der Waals surface area contributed by atoms with Crippen LogP contribution >= 0.6 is 11.6 Å². The van der Waals surface area contributed by atoms with Crippen LogP contribution in [0, 0.1) is 0 Å². The minimum Gasteiger partial charge on any atom is -0.487 e. The van der Waals surface area contributed by atoms with E-state index in [1.165, 1.54) is 6.92 Å². The fourth-order valence-electron chi connectivity index (χ4n) is 2.13. The summed E-state index contributed by atoms with van der Waals surface area (Å²) < 4.78 is 10.7. The normalized spacial score (nSPS) is 10.3. The topological polar surface area (TPSA) is 59.6 Å². The number of halogens is 1. The van der Waals surface area contributed by atoms with E-state index in [9.17, 15) is 4.79 Å². The number of amides is 1. The SMILES string of the molecule is COCCOc1c(Cl)cccc1NCc1ccc(NC(C)=O)cc1. The van der Waals surface area contributed by atoms with Crippen molar-refractivity contribution in [2.24, 2.45) is 0 Å². The van der Waals surface area contributed by atoms with Crippen LogP contribution in [0.2, 0.25) is 5.02 Å². The minimum atomic E-state index is -0.0855. The standard InChI is InChI=1S/C18H21ClN2O3/c1-13(22)21-15-8-6-14(7-9-15)12-20-17-5-3-4-16(19)18(17)24-11-10-23-2/h3-9,20H,10-12H2,1-2H3,(H,21,22). The van der Waals surface area contributed by atoms with Crippen molar-refractivity contribution in [3.63, 3.8) is 0 Å². The third kappa shape index (κ3) is 5.44. The highest BCUT2D eigenvalue weighted by Gasteiger charge is 2.08. The van der Waals surface area contributed by atoms with Gasteiger partial charge in [-0.25, -0.2) is 0 Å². The fourth-order valence-corrected chi connectivity index (χ4v) is 2.36. The smallest absolute Gasteiger partial charge is 0.221 e. The maximum atomic E-state index is 11.0. The highest BCUT2D eigenvalue weighted by Crippen LogP contribution is 2.33. The van der Waals surface area contributed by atoms with E-state index < -0.39 is 0 Å². The quantitative estimate of drug-likeness (QED) is 0.709. The van der Waals surface area contributed by atoms with E-state index in [4.69, 9.17) is 21.1 Å². The largest absolute Gasteiger partial charge is 0.487 e. The van der Waals surface area contributed by atoms with Crippen LogP contribution in [-0.4, -0.2) is 26.2 Å². The van der Waals surface area contributed by atoms with Gasteiger partial charge in [0.25, 0.3) is 0 Å². The molecule has 0 radical (unpaired) electrons. The van der Waals surface area contributed by atoms with Gasteiger partial charge in [0.1, 0.15) is 6.61 Å². The third-order valence-electron chi connectivity index (χ3n) is 3.26. The summed E-state index contributed by atoms with van der Waals surface area (Å²) in [5.74, 6) is 0.531. The summed E-state index contributed by atoms with van der Waals surface area (Å²) in [5.41, 5.74) is 2.68. The molecule has 0 aliphatic rings. The first-order chi connectivity index (χ1) is 11.6. The van der Waals surface area contributed by atoms with Crippen LogP contribution in [0.15, 0.2) is 42.5 Å². The number of hydrogen-bond acceptors (Lipinski definition) is 4. The van der Waals surface area contributed by atoms with Crippen molar-refractivity contribution in [1.29, 1.82) is 0 Å². The number of carbonyl (C=O) groups is 1. The second-order valence-electron chi connectivity index (χ2n) is 5.19. The van der Waals surface area contributed by atoms with Gasteiger partial charge in [-0.3, -0.25) is 4.79 Å². The van der Waals surface area contributed by atoms with Crippen LogP contribution in [0.4, 0.5) is 11.4 Å². The molecule has 1 amide bonds. The van der Waals surface area contributed by atoms with E-state index in [0.29, 0.717) is 30.5 Å². The molecule has 0 aromatic heterocycles. The summed E-state index contributed by atoms with van der Waals surface area (Å²) in [6, 6.07) is 13.2. The first-order valence-electron chi connectivity index (χ1n) is 7.61. The summed E-state index contributed by atoms with van der Waals surface area (Å²) >= 11 is 6.21. The van der Waals surface area contributed by atoms with Gasteiger partial charge < -0.3 is 20.1 Å². The van der Waals surface area contributed by atoms with Crippen molar-refractivity contribution in [3.05, 3.63) is 53.1 Å². The van der Waals surface area contributed by atoms with Crippen molar-refractivity contribution in [1.82, 2.24) is 0 Å². The summed E-state index contributed by atoms with van der Waals surface area (Å²) in [6.45, 7) is 3.02. The number of ether oxygens (including phenoxy) is 2. The Hall–Kier alpha value is -2.24. The van der Waals surface area contributed by atoms with E-state index in [1.54, 1.807) is 13.2 Å². The average Bonchev–Trinajstić information content (AvgIpc) is 2.56. The molecule has 0 unspecified atom stereocenters. The molecule has 2 rings (SSSR count). The van der Waals surface area contributed by atoms with Gasteiger partial charge in [-0.2, -0.15) is 0 Å². The molecule has 5 nitrogen and oxygen atoms in total. The lowest BCUT2D eigenvalue weighted by Crippen LogP contribution is -2.08. The van der Waals surface area contributed by atoms with Gasteiger partial charge in [-0.05, 0) is 29.8 Å². The van der Waals surface area contributed by atoms with Crippen molar-refractivity contribution < 1.29 is 14.3 Å². The highest BCUT2D eigenvalue weighted by atomic mass is 35.5. The van der Waals surface area contributed by atoms with E-state index in [0.717, 1.165) is 16.9 Å². The Bertz CT molecular complexity index is 674. The predicted octanol–water partition coefficient (Wildman–Crippen LogP) is 3.94. The highest BCUT2D eigenvalue weighted by molar-refractivity contribution is 6.32. The number of rotatable bonds is 8. The molecule has 24 heavy (non-hydrogen) atoms. The van der Waals surface area contributed by atoms with E-state index in [-0.39, 0.29) is 5.91 Å². The number of hydrogen-bond donors (Lipinski definition) is 2. The second kappa shape index (κ2) is 9.15. The molecule has 0 heterocycles. The summed E-state index contributed by atoms with van der Waals surface area (Å²) in [4.78, 5) is 11.0. The summed E-state index contributed by atoms with van der Waals surface area (Å²) in [5, 5.41) is 6.62. The first-order valence-corrected chi connectivity index (χ1v) is 7.98. The van der Waals surface area contributed by atoms with Crippen LogP contribution in [-0.2, 0) is 16.1 Å². The molecular formula is C18H21ClN2O3. The molecule has 6 heteroatoms. The van der Waals surface area contributed by atoms with Crippen molar-refractivity contribution >= 4 is 28.9 Å². The van der Waals surface area contributed by atoms with Gasteiger partial charge in [0.15, 0.2) is 5.75 Å². The van der Waals surface area contributed by atoms with Crippen LogP contribution in [0.25, 0.3) is 0 Å². The molecule has 0 aliphatic heterocycles. The van der Waals surface area contributed by atoms with Gasteiger partial charge in [-0.15, -0.1) is 0 Å². The minimum absolute atomic E-state index is 0.0855. The molecular weight excluding hydrogens is 328 g/mol. The van der Waals surface area contributed by atoms with Gasteiger partial charge in [0.05, 0.1) is 17.3 Å². The predicted molar refractivity (Wildman–Crippen MR) is 96.9 cm³/mol.